The van der Waals surface area contributed by atoms with E-state index in [-0.39, 0.29) is 17.9 Å². The lowest BCUT2D eigenvalue weighted by Gasteiger charge is -2.26. The number of benzene rings is 1. The lowest BCUT2D eigenvalue weighted by atomic mass is 9.96. The Hall–Kier alpha value is -2.34. The zero-order chi connectivity index (χ0) is 20.4. The van der Waals surface area contributed by atoms with E-state index in [0.29, 0.717) is 9.88 Å². The maximum Gasteiger partial charge on any atom is 0.264 e. The summed E-state index contributed by atoms with van der Waals surface area (Å²) in [6, 6.07) is 9.39. The molecule has 146 valence electrons. The number of thiophene rings is 1. The average Bonchev–Trinajstić information content (AvgIpc) is 2.99. The molecule has 0 aliphatic carbocycles. The van der Waals surface area contributed by atoms with E-state index < -0.39 is 5.41 Å². The number of carbonyl (C=O) groups is 2. The minimum absolute atomic E-state index is 0.0708. The minimum atomic E-state index is -0.489. The van der Waals surface area contributed by atoms with Gasteiger partial charge in [-0.1, -0.05) is 39.0 Å². The summed E-state index contributed by atoms with van der Waals surface area (Å²) >= 11 is 1.31. The van der Waals surface area contributed by atoms with Crippen molar-refractivity contribution in [1.82, 2.24) is 4.90 Å². The number of aryl methyl sites for hydroxylation is 1. The molecule has 2 aromatic rings. The van der Waals surface area contributed by atoms with Crippen LogP contribution in [0.25, 0.3) is 0 Å². The molecule has 1 N–H and O–H groups in total. The highest BCUT2D eigenvalue weighted by Crippen LogP contribution is 2.33. The predicted octanol–water partition coefficient (Wildman–Crippen LogP) is 4.88. The summed E-state index contributed by atoms with van der Waals surface area (Å²) in [5.41, 5.74) is 1.32. The fourth-order valence-electron chi connectivity index (χ4n) is 2.61. The number of hydrogen-bond acceptors (Lipinski definition) is 4. The van der Waals surface area contributed by atoms with Crippen LogP contribution in [0.2, 0.25) is 0 Å². The van der Waals surface area contributed by atoms with Gasteiger partial charge in [0.15, 0.2) is 0 Å². The molecule has 6 heteroatoms. The molecule has 1 aromatic carbocycles. The van der Waals surface area contributed by atoms with Crippen LogP contribution in [0.1, 0.15) is 54.5 Å². The summed E-state index contributed by atoms with van der Waals surface area (Å²) in [6.07, 6.45) is 0. The summed E-state index contributed by atoms with van der Waals surface area (Å²) in [6.45, 7) is 9.44. The Morgan fingerprint density at radius 3 is 2.44 bits per heavy atom. The Bertz CT molecular complexity index is 836. The molecule has 27 heavy (non-hydrogen) atoms. The Balaban J connectivity index is 2.23. The van der Waals surface area contributed by atoms with E-state index in [0.717, 1.165) is 16.9 Å². The van der Waals surface area contributed by atoms with Gasteiger partial charge in [-0.05, 0) is 31.5 Å². The molecule has 0 aliphatic heterocycles. The van der Waals surface area contributed by atoms with Crippen molar-refractivity contribution in [3.63, 3.8) is 0 Å². The molecule has 2 rings (SSSR count). The molecule has 1 heterocycles. The van der Waals surface area contributed by atoms with Crippen molar-refractivity contribution in [2.75, 3.05) is 19.5 Å². The molecule has 0 spiro atoms. The van der Waals surface area contributed by atoms with Gasteiger partial charge in [0.25, 0.3) is 5.91 Å². The standard InChI is InChI=1S/C21H28N2O3S/c1-13-12-17(22-20(25)21(3,4)5)27-18(13)19(24)23(6)14(2)15-10-8-9-11-16(15)26-7/h8-12,14H,1-7H3,(H,22,25). The van der Waals surface area contributed by atoms with Crippen LogP contribution in [0.3, 0.4) is 0 Å². The van der Waals surface area contributed by atoms with Crippen molar-refractivity contribution in [2.45, 2.75) is 40.7 Å². The van der Waals surface area contributed by atoms with Crippen molar-refractivity contribution in [1.29, 1.82) is 0 Å². The van der Waals surface area contributed by atoms with Crippen LogP contribution in [0.4, 0.5) is 5.00 Å². The molecule has 5 nitrogen and oxygen atoms in total. The molecule has 1 atom stereocenters. The third kappa shape index (κ3) is 4.69. The maximum atomic E-state index is 13.1. The van der Waals surface area contributed by atoms with Gasteiger partial charge in [0, 0.05) is 18.0 Å². The number of nitrogens with one attached hydrogen (secondary N) is 1. The molecule has 2 amide bonds. The lowest BCUT2D eigenvalue weighted by molar-refractivity contribution is -0.123. The molecule has 0 bridgehead atoms. The van der Waals surface area contributed by atoms with Gasteiger partial charge in [-0.15, -0.1) is 11.3 Å². The summed E-state index contributed by atoms with van der Waals surface area (Å²) < 4.78 is 5.42. The van der Waals surface area contributed by atoms with Gasteiger partial charge in [0.05, 0.1) is 23.0 Å². The van der Waals surface area contributed by atoms with Gasteiger partial charge in [-0.3, -0.25) is 9.59 Å². The number of ether oxygens (including phenoxy) is 1. The average molecular weight is 389 g/mol. The molecule has 0 aliphatic rings. The van der Waals surface area contributed by atoms with Crippen molar-refractivity contribution >= 4 is 28.2 Å². The number of rotatable bonds is 5. The Kier molecular flexibility index (Phi) is 6.31. The summed E-state index contributed by atoms with van der Waals surface area (Å²) in [5, 5.41) is 3.59. The molecular formula is C21H28N2O3S. The first kappa shape index (κ1) is 21.0. The number of para-hydroxylation sites is 1. The van der Waals surface area contributed by atoms with Gasteiger partial charge in [-0.25, -0.2) is 0 Å². The Labute approximate surface area is 165 Å². The van der Waals surface area contributed by atoms with Crippen molar-refractivity contribution in [2.24, 2.45) is 5.41 Å². The lowest BCUT2D eigenvalue weighted by Crippen LogP contribution is -2.29. The van der Waals surface area contributed by atoms with E-state index >= 15 is 0 Å². The third-order valence-corrected chi connectivity index (χ3v) is 5.66. The molecule has 0 saturated carbocycles. The zero-order valence-electron chi connectivity index (χ0n) is 17.0. The second kappa shape index (κ2) is 8.13. The largest absolute Gasteiger partial charge is 0.496 e. The predicted molar refractivity (Wildman–Crippen MR) is 111 cm³/mol. The van der Waals surface area contributed by atoms with Crippen LogP contribution < -0.4 is 10.1 Å². The number of carbonyl (C=O) groups excluding carboxylic acids is 2. The summed E-state index contributed by atoms with van der Waals surface area (Å²) in [5.74, 6) is 0.608. The summed E-state index contributed by atoms with van der Waals surface area (Å²) in [4.78, 5) is 27.6. The second-order valence-corrected chi connectivity index (χ2v) is 8.71. The van der Waals surface area contributed by atoms with Gasteiger partial charge in [-0.2, -0.15) is 0 Å². The highest BCUT2D eigenvalue weighted by Gasteiger charge is 2.26. The number of methoxy groups -OCH3 is 1. The third-order valence-electron chi connectivity index (χ3n) is 4.52. The normalized spacial score (nSPS) is 12.4. The molecule has 0 fully saturated rings. The van der Waals surface area contributed by atoms with Gasteiger partial charge in [0.2, 0.25) is 5.91 Å². The molecule has 1 aromatic heterocycles. The highest BCUT2D eigenvalue weighted by atomic mass is 32.1. The van der Waals surface area contributed by atoms with Crippen molar-refractivity contribution in [3.05, 3.63) is 46.3 Å². The first-order chi connectivity index (χ1) is 12.6. The van der Waals surface area contributed by atoms with Crippen LogP contribution in [-0.4, -0.2) is 30.9 Å². The van der Waals surface area contributed by atoms with E-state index in [4.69, 9.17) is 4.74 Å². The van der Waals surface area contributed by atoms with Gasteiger partial charge in [0.1, 0.15) is 5.75 Å². The van der Waals surface area contributed by atoms with Crippen molar-refractivity contribution in [3.8, 4) is 5.75 Å². The SMILES string of the molecule is COc1ccccc1C(C)N(C)C(=O)c1sc(NC(=O)C(C)(C)C)cc1C. The maximum absolute atomic E-state index is 13.1. The van der Waals surface area contributed by atoms with Crippen molar-refractivity contribution < 1.29 is 14.3 Å². The smallest absolute Gasteiger partial charge is 0.264 e. The number of hydrogen-bond donors (Lipinski definition) is 1. The quantitative estimate of drug-likeness (QED) is 0.794. The second-order valence-electron chi connectivity index (χ2n) is 7.66. The van der Waals surface area contributed by atoms with E-state index in [1.54, 1.807) is 19.1 Å². The van der Waals surface area contributed by atoms with E-state index in [1.807, 2.05) is 65.0 Å². The van der Waals surface area contributed by atoms with Crippen LogP contribution >= 0.6 is 11.3 Å². The molecule has 1 unspecified atom stereocenters. The fraction of sp³-hybridized carbons (Fsp3) is 0.429. The Morgan fingerprint density at radius 1 is 1.22 bits per heavy atom. The van der Waals surface area contributed by atoms with Gasteiger partial charge >= 0.3 is 0 Å². The first-order valence-corrected chi connectivity index (χ1v) is 9.70. The number of anilines is 1. The van der Waals surface area contributed by atoms with Crippen LogP contribution in [-0.2, 0) is 4.79 Å². The topological polar surface area (TPSA) is 58.6 Å². The first-order valence-electron chi connectivity index (χ1n) is 8.88. The highest BCUT2D eigenvalue weighted by molar-refractivity contribution is 7.18. The fourth-order valence-corrected chi connectivity index (χ4v) is 3.66. The minimum Gasteiger partial charge on any atom is -0.496 e. The summed E-state index contributed by atoms with van der Waals surface area (Å²) in [7, 11) is 3.41. The Morgan fingerprint density at radius 2 is 1.85 bits per heavy atom. The number of amides is 2. The number of nitrogens with zero attached hydrogens (tertiary/aromatic N) is 1. The molecular weight excluding hydrogens is 360 g/mol. The van der Waals surface area contributed by atoms with Crippen LogP contribution in [0, 0.1) is 12.3 Å². The van der Waals surface area contributed by atoms with E-state index in [9.17, 15) is 9.59 Å². The molecule has 0 saturated heterocycles. The van der Waals surface area contributed by atoms with Gasteiger partial charge < -0.3 is 15.0 Å². The van der Waals surface area contributed by atoms with Crippen LogP contribution in [0.5, 0.6) is 5.75 Å². The van der Waals surface area contributed by atoms with Crippen LogP contribution in [0.15, 0.2) is 30.3 Å². The zero-order valence-corrected chi connectivity index (χ0v) is 17.9. The monoisotopic (exact) mass is 388 g/mol. The van der Waals surface area contributed by atoms with E-state index in [2.05, 4.69) is 5.32 Å². The van der Waals surface area contributed by atoms with E-state index in [1.165, 1.54) is 11.3 Å². The molecule has 0 radical (unpaired) electrons.